The fraction of sp³-hybridized carbons (Fsp3) is 0.538. The number of rotatable bonds is 7. The highest BCUT2D eigenvalue weighted by Gasteiger charge is 2.08. The van der Waals surface area contributed by atoms with E-state index in [1.165, 1.54) is 6.07 Å². The molecule has 1 unspecified atom stereocenters. The maximum Gasteiger partial charge on any atom is 0.141 e. The second-order valence-electron chi connectivity index (χ2n) is 4.07. The van der Waals surface area contributed by atoms with Crippen LogP contribution in [0.25, 0.3) is 0 Å². The maximum absolute atomic E-state index is 13.0. The van der Waals surface area contributed by atoms with E-state index in [1.54, 1.807) is 19.2 Å². The Hall–Kier alpha value is -0.640. The molecule has 0 saturated heterocycles. The summed E-state index contributed by atoms with van der Waals surface area (Å²) < 4.78 is 18.0. The molecule has 0 aliphatic carbocycles. The van der Waals surface area contributed by atoms with Crippen molar-refractivity contribution < 1.29 is 9.13 Å². The standard InChI is InChI=1S/C13H19ClFNO/c1-16-11(4-3-7-17-2)8-10-5-6-13(15)12(14)9-10/h5-6,9,11,16H,3-4,7-8H2,1-2H3. The van der Waals surface area contributed by atoms with Gasteiger partial charge in [0.2, 0.25) is 0 Å². The van der Waals surface area contributed by atoms with E-state index in [-0.39, 0.29) is 10.8 Å². The number of hydrogen-bond donors (Lipinski definition) is 1. The fourth-order valence-corrected chi connectivity index (χ4v) is 1.98. The van der Waals surface area contributed by atoms with Crippen molar-refractivity contribution in [3.05, 3.63) is 34.6 Å². The summed E-state index contributed by atoms with van der Waals surface area (Å²) in [6.07, 6.45) is 2.89. The minimum atomic E-state index is -0.365. The number of benzene rings is 1. The lowest BCUT2D eigenvalue weighted by atomic mass is 10.0. The molecule has 17 heavy (non-hydrogen) atoms. The molecule has 0 spiro atoms. The molecule has 1 atom stereocenters. The van der Waals surface area contributed by atoms with Crippen LogP contribution in [0.1, 0.15) is 18.4 Å². The van der Waals surface area contributed by atoms with E-state index in [4.69, 9.17) is 16.3 Å². The van der Waals surface area contributed by atoms with Gasteiger partial charge in [-0.1, -0.05) is 17.7 Å². The lowest BCUT2D eigenvalue weighted by Gasteiger charge is -2.16. The Kier molecular flexibility index (Phi) is 6.48. The molecule has 0 amide bonds. The first-order chi connectivity index (χ1) is 8.17. The van der Waals surface area contributed by atoms with Crippen LogP contribution in [0, 0.1) is 5.82 Å². The quantitative estimate of drug-likeness (QED) is 0.760. The van der Waals surface area contributed by atoms with Crippen molar-refractivity contribution in [1.29, 1.82) is 0 Å². The summed E-state index contributed by atoms with van der Waals surface area (Å²) in [5.41, 5.74) is 1.05. The number of likely N-dealkylation sites (N-methyl/N-ethyl adjacent to an activating group) is 1. The Balaban J connectivity index is 2.51. The van der Waals surface area contributed by atoms with Crippen LogP contribution in [-0.4, -0.2) is 26.8 Å². The minimum absolute atomic E-state index is 0.189. The van der Waals surface area contributed by atoms with Crippen molar-refractivity contribution in [2.45, 2.75) is 25.3 Å². The highest BCUT2D eigenvalue weighted by molar-refractivity contribution is 6.30. The van der Waals surface area contributed by atoms with Gasteiger partial charge < -0.3 is 10.1 Å². The highest BCUT2D eigenvalue weighted by Crippen LogP contribution is 2.17. The molecular weight excluding hydrogens is 241 g/mol. The van der Waals surface area contributed by atoms with E-state index < -0.39 is 0 Å². The molecular formula is C13H19ClFNO. The smallest absolute Gasteiger partial charge is 0.141 e. The molecule has 0 fully saturated rings. The predicted octanol–water partition coefficient (Wildman–Crippen LogP) is 3.04. The second-order valence-corrected chi connectivity index (χ2v) is 4.48. The number of ether oxygens (including phenoxy) is 1. The third kappa shape index (κ3) is 5.02. The van der Waals surface area contributed by atoms with E-state index in [0.29, 0.717) is 6.04 Å². The van der Waals surface area contributed by atoms with Gasteiger partial charge in [-0.3, -0.25) is 0 Å². The normalized spacial score (nSPS) is 12.7. The summed E-state index contributed by atoms with van der Waals surface area (Å²) in [6.45, 7) is 0.766. The summed E-state index contributed by atoms with van der Waals surface area (Å²) in [4.78, 5) is 0. The number of halogens is 2. The number of nitrogens with one attached hydrogen (secondary N) is 1. The van der Waals surface area contributed by atoms with E-state index in [9.17, 15) is 4.39 Å². The van der Waals surface area contributed by atoms with E-state index in [2.05, 4.69) is 5.32 Å². The molecule has 4 heteroatoms. The molecule has 1 N–H and O–H groups in total. The molecule has 0 aromatic heterocycles. The molecule has 0 aliphatic rings. The lowest BCUT2D eigenvalue weighted by Crippen LogP contribution is -2.27. The third-order valence-electron chi connectivity index (χ3n) is 2.78. The SMILES string of the molecule is CNC(CCCOC)Cc1ccc(F)c(Cl)c1. The number of hydrogen-bond acceptors (Lipinski definition) is 2. The Bertz CT molecular complexity index is 346. The third-order valence-corrected chi connectivity index (χ3v) is 3.07. The molecule has 0 heterocycles. The van der Waals surface area contributed by atoms with Gasteiger partial charge in [-0.15, -0.1) is 0 Å². The molecule has 0 saturated carbocycles. The van der Waals surface area contributed by atoms with Gasteiger partial charge >= 0.3 is 0 Å². The Morgan fingerprint density at radius 2 is 2.24 bits per heavy atom. The Morgan fingerprint density at radius 3 is 2.82 bits per heavy atom. The predicted molar refractivity (Wildman–Crippen MR) is 69.1 cm³/mol. The monoisotopic (exact) mass is 259 g/mol. The van der Waals surface area contributed by atoms with Crippen molar-refractivity contribution in [1.82, 2.24) is 5.32 Å². The van der Waals surface area contributed by atoms with Crippen LogP contribution < -0.4 is 5.32 Å². The van der Waals surface area contributed by atoms with Crippen molar-refractivity contribution in [2.75, 3.05) is 20.8 Å². The molecule has 1 rings (SSSR count). The largest absolute Gasteiger partial charge is 0.385 e. The number of methoxy groups -OCH3 is 1. The molecule has 0 aliphatic heterocycles. The molecule has 2 nitrogen and oxygen atoms in total. The maximum atomic E-state index is 13.0. The van der Waals surface area contributed by atoms with E-state index >= 15 is 0 Å². The van der Waals surface area contributed by atoms with Gasteiger partial charge in [-0.05, 0) is 44.0 Å². The Labute approximate surface area is 107 Å². The van der Waals surface area contributed by atoms with Crippen molar-refractivity contribution >= 4 is 11.6 Å². The van der Waals surface area contributed by atoms with Crippen LogP contribution in [0.4, 0.5) is 4.39 Å². The summed E-state index contributed by atoms with van der Waals surface area (Å²) in [5, 5.41) is 3.44. The first-order valence-electron chi connectivity index (χ1n) is 5.77. The van der Waals surface area contributed by atoms with Crippen LogP contribution in [0.3, 0.4) is 0 Å². The van der Waals surface area contributed by atoms with Gasteiger partial charge in [0.05, 0.1) is 5.02 Å². The zero-order valence-corrected chi connectivity index (χ0v) is 11.1. The van der Waals surface area contributed by atoms with Crippen LogP contribution in [0.5, 0.6) is 0 Å². The van der Waals surface area contributed by atoms with Crippen LogP contribution in [0.15, 0.2) is 18.2 Å². The first-order valence-corrected chi connectivity index (χ1v) is 6.15. The molecule has 0 radical (unpaired) electrons. The molecule has 96 valence electrons. The van der Waals surface area contributed by atoms with Crippen molar-refractivity contribution in [3.63, 3.8) is 0 Å². The molecule has 1 aromatic rings. The van der Waals surface area contributed by atoms with Crippen molar-refractivity contribution in [3.8, 4) is 0 Å². The van der Waals surface area contributed by atoms with Gasteiger partial charge in [-0.25, -0.2) is 4.39 Å². The van der Waals surface area contributed by atoms with Crippen LogP contribution >= 0.6 is 11.6 Å². The van der Waals surface area contributed by atoms with Gasteiger partial charge in [-0.2, -0.15) is 0 Å². The van der Waals surface area contributed by atoms with Crippen LogP contribution in [0.2, 0.25) is 5.02 Å². The zero-order chi connectivity index (χ0) is 12.7. The first kappa shape index (κ1) is 14.4. The lowest BCUT2D eigenvalue weighted by molar-refractivity contribution is 0.189. The van der Waals surface area contributed by atoms with E-state index in [1.807, 2.05) is 7.05 Å². The van der Waals surface area contributed by atoms with E-state index in [0.717, 1.165) is 31.4 Å². The summed E-state index contributed by atoms with van der Waals surface area (Å²) >= 11 is 5.75. The van der Waals surface area contributed by atoms with Gasteiger partial charge in [0, 0.05) is 19.8 Å². The highest BCUT2D eigenvalue weighted by atomic mass is 35.5. The average molecular weight is 260 g/mol. The van der Waals surface area contributed by atoms with Crippen molar-refractivity contribution in [2.24, 2.45) is 0 Å². The average Bonchev–Trinajstić information content (AvgIpc) is 2.32. The summed E-state index contributed by atoms with van der Waals surface area (Å²) in [6, 6.07) is 5.26. The summed E-state index contributed by atoms with van der Waals surface area (Å²) in [7, 11) is 3.64. The van der Waals surface area contributed by atoms with Gasteiger partial charge in [0.25, 0.3) is 0 Å². The molecule has 0 bridgehead atoms. The minimum Gasteiger partial charge on any atom is -0.385 e. The van der Waals surface area contributed by atoms with Crippen LogP contribution in [-0.2, 0) is 11.2 Å². The topological polar surface area (TPSA) is 21.3 Å². The summed E-state index contributed by atoms with van der Waals surface area (Å²) in [5.74, 6) is -0.365. The van der Waals surface area contributed by atoms with Gasteiger partial charge in [0.1, 0.15) is 5.82 Å². The fourth-order valence-electron chi connectivity index (χ4n) is 1.77. The zero-order valence-electron chi connectivity index (χ0n) is 10.3. The second kappa shape index (κ2) is 7.64. The molecule has 1 aromatic carbocycles. The Morgan fingerprint density at radius 1 is 1.47 bits per heavy atom. The van der Waals surface area contributed by atoms with Gasteiger partial charge in [0.15, 0.2) is 0 Å².